The van der Waals surface area contributed by atoms with E-state index >= 15 is 0 Å². The van der Waals surface area contributed by atoms with Crippen molar-refractivity contribution in [3.8, 4) is 5.69 Å². The molecule has 0 saturated heterocycles. The third kappa shape index (κ3) is 6.15. The Morgan fingerprint density at radius 3 is 2.08 bits per heavy atom. The van der Waals surface area contributed by atoms with E-state index in [1.165, 1.54) is 17.6 Å². The van der Waals surface area contributed by atoms with Crippen LogP contribution in [0.15, 0.2) is 113 Å². The fourth-order valence-electron chi connectivity index (χ4n) is 3.94. The first-order valence-corrected chi connectivity index (χ1v) is 11.7. The fourth-order valence-corrected chi connectivity index (χ4v) is 3.94. The van der Waals surface area contributed by atoms with Crippen LogP contribution in [0.3, 0.4) is 0 Å². The molecule has 4 rings (SSSR count). The number of Topliss-reactive ketones (excluding diaryl/α,β-unsaturated/α-hetero) is 1. The zero-order chi connectivity index (χ0) is 27.3. The highest BCUT2D eigenvalue weighted by Crippen LogP contribution is 2.33. The van der Waals surface area contributed by atoms with Gasteiger partial charge >= 0.3 is 6.18 Å². The average molecular weight is 516 g/mol. The number of alkyl halides is 3. The lowest BCUT2D eigenvalue weighted by atomic mass is 10.1. The summed E-state index contributed by atoms with van der Waals surface area (Å²) in [5.74, 6) is -0.0591. The van der Waals surface area contributed by atoms with Crippen LogP contribution in [0.4, 0.5) is 30.5 Å². The number of aliphatic imine (C=N–C) groups is 1. The van der Waals surface area contributed by atoms with Crippen LogP contribution in [0.1, 0.15) is 28.4 Å². The summed E-state index contributed by atoms with van der Waals surface area (Å²) in [5, 5.41) is 3.14. The summed E-state index contributed by atoms with van der Waals surface area (Å²) in [4.78, 5) is 29.4. The number of anilines is 2. The predicted molar refractivity (Wildman–Crippen MR) is 144 cm³/mol. The third-order valence-corrected chi connectivity index (χ3v) is 5.73. The van der Waals surface area contributed by atoms with Gasteiger partial charge < -0.3 is 5.32 Å². The smallest absolute Gasteiger partial charge is 0.341 e. The van der Waals surface area contributed by atoms with Gasteiger partial charge in [0.25, 0.3) is 0 Å². The van der Waals surface area contributed by atoms with Gasteiger partial charge in [0.1, 0.15) is 11.6 Å². The number of hydrogen-bond acceptors (Lipinski definition) is 4. The van der Waals surface area contributed by atoms with Crippen LogP contribution in [0.2, 0.25) is 0 Å². The lowest BCUT2D eigenvalue weighted by Crippen LogP contribution is -2.22. The first-order valence-electron chi connectivity index (χ1n) is 11.7. The molecule has 8 heteroatoms. The molecular weight excluding hydrogens is 491 g/mol. The highest BCUT2D eigenvalue weighted by atomic mass is 19.4. The Kier molecular flexibility index (Phi) is 7.71. The molecule has 0 radical (unpaired) electrons. The number of carbonyl (C=O) groups excluding carboxylic acids is 1. The first-order chi connectivity index (χ1) is 18.2. The summed E-state index contributed by atoms with van der Waals surface area (Å²) in [6.07, 6.45) is -4.71. The molecule has 0 aliphatic rings. The topological polar surface area (TPSA) is 63.5 Å². The second-order valence-corrected chi connectivity index (χ2v) is 8.48. The quantitative estimate of drug-likeness (QED) is 0.199. The molecule has 38 heavy (non-hydrogen) atoms. The molecule has 0 spiro atoms. The van der Waals surface area contributed by atoms with Crippen molar-refractivity contribution < 1.29 is 18.0 Å². The number of carbonyl (C=O) groups is 1. The van der Waals surface area contributed by atoms with E-state index in [-0.39, 0.29) is 23.1 Å². The minimum atomic E-state index is -4.65. The molecule has 1 heterocycles. The molecule has 0 bridgehead atoms. The number of aromatic nitrogens is 1. The van der Waals surface area contributed by atoms with Crippen molar-refractivity contribution in [3.63, 3.8) is 0 Å². The van der Waals surface area contributed by atoms with Crippen LogP contribution in [0.25, 0.3) is 5.69 Å². The van der Waals surface area contributed by atoms with Crippen LogP contribution in [-0.2, 0) is 6.42 Å². The maximum atomic E-state index is 13.7. The summed E-state index contributed by atoms with van der Waals surface area (Å²) in [7, 11) is 0. The largest absolute Gasteiger partial charge is 0.393 e. The molecule has 4 aromatic rings. The van der Waals surface area contributed by atoms with Gasteiger partial charge in [0, 0.05) is 28.6 Å². The first kappa shape index (κ1) is 26.3. The van der Waals surface area contributed by atoms with Crippen LogP contribution < -0.4 is 10.7 Å². The summed E-state index contributed by atoms with van der Waals surface area (Å²) in [5.41, 5.74) is 1.08. The number of hydrogen-bond donors (Lipinski definition) is 1. The van der Waals surface area contributed by atoms with E-state index in [0.29, 0.717) is 22.5 Å². The summed E-state index contributed by atoms with van der Waals surface area (Å²) in [6, 6.07) is 25.3. The Bertz CT molecular complexity index is 1540. The minimum absolute atomic E-state index is 0.126. The maximum absolute atomic E-state index is 13.7. The van der Waals surface area contributed by atoms with Gasteiger partial charge in [-0.25, -0.2) is 4.99 Å². The molecule has 192 valence electrons. The monoisotopic (exact) mass is 515 g/mol. The SMILES string of the molecule is C=C/C(=N\c1c(CC(F)(F)F)c(=O)cc(Nc2ccccc2)n1-c1ccccc1)c1ccc(C(C)=O)cc1. The second-order valence-electron chi connectivity index (χ2n) is 8.48. The van der Waals surface area contributed by atoms with Gasteiger partial charge in [0.15, 0.2) is 11.2 Å². The Morgan fingerprint density at radius 1 is 0.947 bits per heavy atom. The van der Waals surface area contributed by atoms with E-state index < -0.39 is 23.6 Å². The van der Waals surface area contributed by atoms with Gasteiger partial charge in [-0.1, -0.05) is 67.2 Å². The van der Waals surface area contributed by atoms with Gasteiger partial charge in [0.2, 0.25) is 0 Å². The van der Waals surface area contributed by atoms with E-state index in [9.17, 15) is 22.8 Å². The highest BCUT2D eigenvalue weighted by molar-refractivity contribution is 6.10. The van der Waals surface area contributed by atoms with Crippen molar-refractivity contribution in [2.45, 2.75) is 19.5 Å². The van der Waals surface area contributed by atoms with Gasteiger partial charge in [-0.3, -0.25) is 14.2 Å². The van der Waals surface area contributed by atoms with Crippen LogP contribution in [-0.4, -0.2) is 22.2 Å². The Labute approximate surface area is 217 Å². The molecule has 0 aliphatic heterocycles. The highest BCUT2D eigenvalue weighted by Gasteiger charge is 2.32. The number of benzene rings is 3. The summed E-state index contributed by atoms with van der Waals surface area (Å²) < 4.78 is 42.5. The molecule has 1 N–H and O–H groups in total. The van der Waals surface area contributed by atoms with Crippen molar-refractivity contribution in [1.82, 2.24) is 4.57 Å². The maximum Gasteiger partial charge on any atom is 0.393 e. The van der Waals surface area contributed by atoms with Crippen LogP contribution in [0, 0.1) is 0 Å². The zero-order valence-corrected chi connectivity index (χ0v) is 20.5. The van der Waals surface area contributed by atoms with Crippen LogP contribution in [0.5, 0.6) is 0 Å². The van der Waals surface area contributed by atoms with Crippen molar-refractivity contribution >= 4 is 28.8 Å². The fraction of sp³-hybridized carbons (Fsp3) is 0.100. The number of nitrogens with zero attached hydrogens (tertiary/aromatic N) is 2. The molecule has 0 atom stereocenters. The predicted octanol–water partition coefficient (Wildman–Crippen LogP) is 7.20. The standard InChI is InChI=1S/C30H24F3N3O2/c1-3-26(22-16-14-21(15-17-22)20(2)37)35-29-25(19-30(31,32)33)27(38)18-28(34-23-10-6-4-7-11-23)36(29)24-12-8-5-9-13-24/h3-18,34H,1,19H2,2H3/b35-26+. The van der Waals surface area contributed by atoms with Gasteiger partial charge in [0.05, 0.1) is 17.7 Å². The third-order valence-electron chi connectivity index (χ3n) is 5.73. The summed E-state index contributed by atoms with van der Waals surface area (Å²) >= 11 is 0. The van der Waals surface area contributed by atoms with Crippen molar-refractivity contribution in [3.05, 3.63) is 131 Å². The van der Waals surface area contributed by atoms with E-state index in [2.05, 4.69) is 16.9 Å². The number of nitrogens with one attached hydrogen (secondary N) is 1. The van der Waals surface area contributed by atoms with Gasteiger partial charge in [-0.05, 0) is 37.3 Å². The molecular formula is C30H24F3N3O2. The molecule has 0 fully saturated rings. The van der Waals surface area contributed by atoms with Crippen LogP contribution >= 0.6 is 0 Å². The molecule has 0 amide bonds. The summed E-state index contributed by atoms with van der Waals surface area (Å²) in [6.45, 7) is 5.22. The van der Waals surface area contributed by atoms with Crippen molar-refractivity contribution in [2.75, 3.05) is 5.32 Å². The molecule has 3 aromatic carbocycles. The Balaban J connectivity index is 2.02. The van der Waals surface area contributed by atoms with E-state index in [0.717, 1.165) is 6.07 Å². The normalized spacial score (nSPS) is 11.7. The minimum Gasteiger partial charge on any atom is -0.341 e. The number of halogens is 3. The number of ketones is 1. The molecule has 1 aromatic heterocycles. The van der Waals surface area contributed by atoms with E-state index in [1.54, 1.807) is 78.9 Å². The van der Waals surface area contributed by atoms with E-state index in [1.807, 2.05) is 6.07 Å². The number of allylic oxidation sites excluding steroid dienone is 1. The van der Waals surface area contributed by atoms with Gasteiger partial charge in [-0.15, -0.1) is 0 Å². The molecule has 0 aliphatic carbocycles. The zero-order valence-electron chi connectivity index (χ0n) is 20.5. The number of para-hydroxylation sites is 2. The number of rotatable bonds is 8. The van der Waals surface area contributed by atoms with E-state index in [4.69, 9.17) is 0 Å². The molecule has 5 nitrogen and oxygen atoms in total. The molecule has 0 saturated carbocycles. The lowest BCUT2D eigenvalue weighted by Gasteiger charge is -2.21. The lowest BCUT2D eigenvalue weighted by molar-refractivity contribution is -0.127. The molecule has 0 unspecified atom stereocenters. The Hall–Kier alpha value is -4.72. The Morgan fingerprint density at radius 2 is 1.53 bits per heavy atom. The average Bonchev–Trinajstić information content (AvgIpc) is 2.89. The second kappa shape index (κ2) is 11.1. The van der Waals surface area contributed by atoms with Crippen molar-refractivity contribution in [2.24, 2.45) is 4.99 Å². The van der Waals surface area contributed by atoms with Crippen molar-refractivity contribution in [1.29, 1.82) is 0 Å². The number of pyridine rings is 1. The van der Waals surface area contributed by atoms with Gasteiger partial charge in [-0.2, -0.15) is 13.2 Å².